The van der Waals surface area contributed by atoms with Crippen molar-refractivity contribution in [3.63, 3.8) is 0 Å². The quantitative estimate of drug-likeness (QED) is 0.782. The number of halogens is 1. The second kappa shape index (κ2) is 3.31. The van der Waals surface area contributed by atoms with Crippen molar-refractivity contribution in [3.05, 3.63) is 35.6 Å². The molecule has 1 aromatic carbocycles. The zero-order valence-electron chi connectivity index (χ0n) is 8.80. The zero-order valence-corrected chi connectivity index (χ0v) is 8.80. The summed E-state index contributed by atoms with van der Waals surface area (Å²) < 4.78 is 13.2. The van der Waals surface area contributed by atoms with Crippen LogP contribution >= 0.6 is 0 Å². The summed E-state index contributed by atoms with van der Waals surface area (Å²) in [4.78, 5) is 0. The van der Waals surface area contributed by atoms with Gasteiger partial charge in [0.2, 0.25) is 0 Å². The van der Waals surface area contributed by atoms with Gasteiger partial charge < -0.3 is 5.32 Å². The van der Waals surface area contributed by atoms with Crippen molar-refractivity contribution in [2.75, 3.05) is 6.54 Å². The molecule has 2 fully saturated rings. The summed E-state index contributed by atoms with van der Waals surface area (Å²) in [5, 5.41) is 3.55. The number of rotatable bonds is 2. The fourth-order valence-corrected chi connectivity index (χ4v) is 2.93. The third-order valence-electron chi connectivity index (χ3n) is 3.92. The van der Waals surface area contributed by atoms with Crippen LogP contribution in [-0.2, 0) is 5.41 Å². The lowest BCUT2D eigenvalue weighted by molar-refractivity contribution is 0.470. The molecular formula is C13H16FN. The molecule has 1 nitrogen and oxygen atoms in total. The topological polar surface area (TPSA) is 12.0 Å². The smallest absolute Gasteiger partial charge is 0.123 e. The summed E-state index contributed by atoms with van der Waals surface area (Å²) in [6.45, 7) is 1.13. The summed E-state index contributed by atoms with van der Waals surface area (Å²) >= 11 is 0. The minimum absolute atomic E-state index is 0.100. The van der Waals surface area contributed by atoms with E-state index in [0.717, 1.165) is 6.54 Å². The van der Waals surface area contributed by atoms with E-state index in [-0.39, 0.29) is 11.2 Å². The van der Waals surface area contributed by atoms with E-state index in [1.54, 1.807) is 6.07 Å². The van der Waals surface area contributed by atoms with Gasteiger partial charge in [0, 0.05) is 11.5 Å². The average Bonchev–Trinajstić information content (AvgIpc) is 2.87. The van der Waals surface area contributed by atoms with Gasteiger partial charge in [0.25, 0.3) is 0 Å². The summed E-state index contributed by atoms with van der Waals surface area (Å²) in [7, 11) is 0. The first-order valence-corrected chi connectivity index (χ1v) is 5.81. The molecule has 1 atom stereocenters. The maximum Gasteiger partial charge on any atom is 0.123 e. The minimum Gasteiger partial charge on any atom is -0.313 e. The predicted octanol–water partition coefficient (Wildman–Crippen LogP) is 2.61. The third-order valence-corrected chi connectivity index (χ3v) is 3.92. The largest absolute Gasteiger partial charge is 0.313 e. The van der Waals surface area contributed by atoms with Crippen LogP contribution in [0.3, 0.4) is 0 Å². The standard InChI is InChI=1S/C13H16FN/c14-11-4-1-3-10(9-11)13(6-7-13)12-5-2-8-15-12/h1,3-4,9,12,15H,2,5-8H2. The molecule has 1 aromatic rings. The molecule has 1 aliphatic heterocycles. The molecule has 1 aliphatic carbocycles. The van der Waals surface area contributed by atoms with Crippen molar-refractivity contribution in [1.29, 1.82) is 0 Å². The van der Waals surface area contributed by atoms with E-state index in [4.69, 9.17) is 0 Å². The molecule has 1 N–H and O–H groups in total. The second-order valence-corrected chi connectivity index (χ2v) is 4.82. The Morgan fingerprint density at radius 3 is 2.80 bits per heavy atom. The van der Waals surface area contributed by atoms with Gasteiger partial charge in [-0.05, 0) is 49.9 Å². The third kappa shape index (κ3) is 1.48. The highest BCUT2D eigenvalue weighted by molar-refractivity contribution is 5.34. The molecule has 80 valence electrons. The molecule has 15 heavy (non-hydrogen) atoms. The van der Waals surface area contributed by atoms with Gasteiger partial charge in [0.15, 0.2) is 0 Å². The van der Waals surface area contributed by atoms with Gasteiger partial charge >= 0.3 is 0 Å². The predicted molar refractivity (Wildman–Crippen MR) is 58.3 cm³/mol. The Kier molecular flexibility index (Phi) is 2.06. The molecule has 0 bridgehead atoms. The molecule has 1 heterocycles. The van der Waals surface area contributed by atoms with Crippen LogP contribution in [0.4, 0.5) is 4.39 Å². The van der Waals surface area contributed by atoms with Crippen molar-refractivity contribution >= 4 is 0 Å². The Balaban J connectivity index is 1.92. The van der Waals surface area contributed by atoms with Gasteiger partial charge in [-0.2, -0.15) is 0 Å². The van der Waals surface area contributed by atoms with Crippen molar-refractivity contribution in [3.8, 4) is 0 Å². The molecular weight excluding hydrogens is 189 g/mol. The van der Waals surface area contributed by atoms with Gasteiger partial charge in [0.05, 0.1) is 0 Å². The van der Waals surface area contributed by atoms with E-state index in [0.29, 0.717) is 6.04 Å². The monoisotopic (exact) mass is 205 g/mol. The van der Waals surface area contributed by atoms with E-state index in [1.807, 2.05) is 6.07 Å². The van der Waals surface area contributed by atoms with Crippen molar-refractivity contribution < 1.29 is 4.39 Å². The Morgan fingerprint density at radius 2 is 2.20 bits per heavy atom. The lowest BCUT2D eigenvalue weighted by Crippen LogP contribution is -2.34. The molecule has 1 unspecified atom stereocenters. The minimum atomic E-state index is -0.100. The normalized spacial score (nSPS) is 27.9. The Hall–Kier alpha value is -0.890. The maximum atomic E-state index is 13.2. The molecule has 1 saturated carbocycles. The van der Waals surface area contributed by atoms with Crippen LogP contribution in [0.5, 0.6) is 0 Å². The van der Waals surface area contributed by atoms with Crippen LogP contribution in [0.1, 0.15) is 31.2 Å². The summed E-state index contributed by atoms with van der Waals surface area (Å²) in [5.41, 5.74) is 1.46. The summed E-state index contributed by atoms with van der Waals surface area (Å²) in [5.74, 6) is -0.100. The van der Waals surface area contributed by atoms with Gasteiger partial charge in [-0.15, -0.1) is 0 Å². The summed E-state index contributed by atoms with van der Waals surface area (Å²) in [6, 6.07) is 7.74. The number of benzene rings is 1. The van der Waals surface area contributed by atoms with Gasteiger partial charge in [-0.25, -0.2) is 4.39 Å². The lowest BCUT2D eigenvalue weighted by atomic mass is 9.87. The Morgan fingerprint density at radius 1 is 1.33 bits per heavy atom. The van der Waals surface area contributed by atoms with Crippen LogP contribution in [0, 0.1) is 5.82 Å². The second-order valence-electron chi connectivity index (χ2n) is 4.82. The fraction of sp³-hybridized carbons (Fsp3) is 0.538. The molecule has 0 spiro atoms. The average molecular weight is 205 g/mol. The number of hydrogen-bond donors (Lipinski definition) is 1. The molecule has 2 heteroatoms. The fourth-order valence-electron chi connectivity index (χ4n) is 2.93. The Bertz CT molecular complexity index is 365. The molecule has 1 saturated heterocycles. The van der Waals surface area contributed by atoms with E-state index >= 15 is 0 Å². The highest BCUT2D eigenvalue weighted by Gasteiger charge is 2.51. The molecule has 0 radical (unpaired) electrons. The van der Waals surface area contributed by atoms with Gasteiger partial charge in [-0.3, -0.25) is 0 Å². The van der Waals surface area contributed by atoms with Crippen molar-refractivity contribution in [2.45, 2.75) is 37.1 Å². The van der Waals surface area contributed by atoms with E-state index in [1.165, 1.54) is 37.3 Å². The first kappa shape index (κ1) is 9.34. The first-order chi connectivity index (χ1) is 7.31. The number of nitrogens with one attached hydrogen (secondary N) is 1. The molecule has 3 rings (SSSR count). The van der Waals surface area contributed by atoms with Crippen LogP contribution in [0.15, 0.2) is 24.3 Å². The highest BCUT2D eigenvalue weighted by Crippen LogP contribution is 2.52. The maximum absolute atomic E-state index is 13.2. The van der Waals surface area contributed by atoms with E-state index < -0.39 is 0 Å². The van der Waals surface area contributed by atoms with Crippen LogP contribution in [0.25, 0.3) is 0 Å². The Labute approximate surface area is 89.7 Å². The molecule has 0 aromatic heterocycles. The van der Waals surface area contributed by atoms with Crippen molar-refractivity contribution in [1.82, 2.24) is 5.32 Å². The molecule has 0 amide bonds. The van der Waals surface area contributed by atoms with Crippen LogP contribution in [0.2, 0.25) is 0 Å². The van der Waals surface area contributed by atoms with E-state index in [2.05, 4.69) is 11.4 Å². The van der Waals surface area contributed by atoms with Crippen LogP contribution in [-0.4, -0.2) is 12.6 Å². The van der Waals surface area contributed by atoms with E-state index in [9.17, 15) is 4.39 Å². The lowest BCUT2D eigenvalue weighted by Gasteiger charge is -2.23. The number of hydrogen-bond acceptors (Lipinski definition) is 1. The van der Waals surface area contributed by atoms with Gasteiger partial charge in [-0.1, -0.05) is 12.1 Å². The van der Waals surface area contributed by atoms with Crippen molar-refractivity contribution in [2.24, 2.45) is 0 Å². The van der Waals surface area contributed by atoms with Crippen LogP contribution < -0.4 is 5.32 Å². The highest BCUT2D eigenvalue weighted by atomic mass is 19.1. The first-order valence-electron chi connectivity index (χ1n) is 5.81. The SMILES string of the molecule is Fc1cccc(C2(C3CCCN3)CC2)c1. The van der Waals surface area contributed by atoms with Gasteiger partial charge in [0.1, 0.15) is 5.82 Å². The molecule has 2 aliphatic rings. The summed E-state index contributed by atoms with van der Waals surface area (Å²) in [6.07, 6.45) is 4.94. The zero-order chi connectivity index (χ0) is 10.3.